The molecule has 0 fully saturated rings. The summed E-state index contributed by atoms with van der Waals surface area (Å²) >= 11 is 0. The van der Waals surface area contributed by atoms with Crippen LogP contribution in [0.4, 0.5) is 0 Å². The van der Waals surface area contributed by atoms with E-state index in [1.165, 1.54) is 0 Å². The Hall–Kier alpha value is -0.630. The summed E-state index contributed by atoms with van der Waals surface area (Å²) < 4.78 is 5.14. The summed E-state index contributed by atoms with van der Waals surface area (Å²) in [5, 5.41) is 8.98. The average molecular weight is 241 g/mol. The van der Waals surface area contributed by atoms with Gasteiger partial charge in [-0.05, 0) is 33.6 Å². The van der Waals surface area contributed by atoms with Gasteiger partial charge in [0.1, 0.15) is 5.54 Å². The Kier molecular flexibility index (Phi) is 7.37. The molecular weight excluding hydrogens is 214 g/mol. The van der Waals surface area contributed by atoms with Crippen molar-refractivity contribution in [2.45, 2.75) is 58.2 Å². The Morgan fingerprint density at radius 1 is 1.41 bits per heavy atom. The van der Waals surface area contributed by atoms with Crippen molar-refractivity contribution in [3.63, 3.8) is 0 Å². The maximum absolute atomic E-state index is 8.98. The van der Waals surface area contributed by atoms with E-state index in [4.69, 9.17) is 15.7 Å². The number of nitrogens with zero attached hydrogens (tertiary/aromatic N) is 2. The molecule has 0 aliphatic rings. The molecule has 0 bridgehead atoms. The molecule has 0 saturated heterocycles. The van der Waals surface area contributed by atoms with Crippen molar-refractivity contribution >= 4 is 0 Å². The molecule has 0 rings (SSSR count). The van der Waals surface area contributed by atoms with Crippen LogP contribution < -0.4 is 5.73 Å². The number of hydrogen-bond acceptors (Lipinski definition) is 4. The number of rotatable bonds is 8. The van der Waals surface area contributed by atoms with Gasteiger partial charge in [0.15, 0.2) is 0 Å². The summed E-state index contributed by atoms with van der Waals surface area (Å²) in [5.74, 6) is 0. The van der Waals surface area contributed by atoms with Gasteiger partial charge in [-0.3, -0.25) is 4.90 Å². The zero-order chi connectivity index (χ0) is 13.5. The first-order chi connectivity index (χ1) is 7.87. The largest absolute Gasteiger partial charge is 0.383 e. The van der Waals surface area contributed by atoms with Crippen molar-refractivity contribution < 1.29 is 4.74 Å². The predicted octanol–water partition coefficient (Wildman–Crippen LogP) is 1.75. The van der Waals surface area contributed by atoms with Crippen LogP contribution in [0.25, 0.3) is 0 Å². The Morgan fingerprint density at radius 2 is 2.00 bits per heavy atom. The van der Waals surface area contributed by atoms with E-state index in [0.717, 1.165) is 13.0 Å². The monoisotopic (exact) mass is 241 g/mol. The molecule has 0 spiro atoms. The van der Waals surface area contributed by atoms with E-state index < -0.39 is 5.54 Å². The molecule has 0 aromatic heterocycles. The van der Waals surface area contributed by atoms with E-state index in [1.807, 2.05) is 0 Å². The standard InChI is InChI=1S/C13H27N3O/c1-6-11(2)16(7-8-17-5)12(3)9-13(4,15)10-14/h11-12H,6-9,15H2,1-5H3. The third kappa shape index (κ3) is 6.02. The zero-order valence-corrected chi connectivity index (χ0v) is 11.9. The van der Waals surface area contributed by atoms with Crippen LogP contribution in [-0.4, -0.2) is 42.8 Å². The van der Waals surface area contributed by atoms with Crippen LogP contribution in [-0.2, 0) is 4.74 Å². The summed E-state index contributed by atoms with van der Waals surface area (Å²) in [6, 6.07) is 2.93. The summed E-state index contributed by atoms with van der Waals surface area (Å²) in [6.45, 7) is 9.88. The molecule has 100 valence electrons. The van der Waals surface area contributed by atoms with E-state index in [9.17, 15) is 0 Å². The summed E-state index contributed by atoms with van der Waals surface area (Å²) in [5.41, 5.74) is 5.15. The van der Waals surface area contributed by atoms with Crippen molar-refractivity contribution in [1.82, 2.24) is 4.90 Å². The molecule has 0 aromatic carbocycles. The Bertz CT molecular complexity index is 248. The van der Waals surface area contributed by atoms with Gasteiger partial charge in [0.2, 0.25) is 0 Å². The third-order valence-electron chi connectivity index (χ3n) is 3.25. The molecule has 0 aromatic rings. The average Bonchev–Trinajstić information content (AvgIpc) is 2.28. The quantitative estimate of drug-likeness (QED) is 0.703. The number of ether oxygens (including phenoxy) is 1. The maximum atomic E-state index is 8.98. The van der Waals surface area contributed by atoms with Crippen molar-refractivity contribution in [2.75, 3.05) is 20.3 Å². The van der Waals surface area contributed by atoms with Crippen LogP contribution in [0.5, 0.6) is 0 Å². The first kappa shape index (κ1) is 16.4. The summed E-state index contributed by atoms with van der Waals surface area (Å²) in [4.78, 5) is 2.37. The minimum absolute atomic E-state index is 0.287. The highest BCUT2D eigenvalue weighted by Crippen LogP contribution is 2.17. The minimum atomic E-state index is -0.752. The lowest BCUT2D eigenvalue weighted by Crippen LogP contribution is -2.47. The Morgan fingerprint density at radius 3 is 2.41 bits per heavy atom. The maximum Gasteiger partial charge on any atom is 0.102 e. The molecule has 2 N–H and O–H groups in total. The third-order valence-corrected chi connectivity index (χ3v) is 3.25. The highest BCUT2D eigenvalue weighted by molar-refractivity contribution is 5.03. The van der Waals surface area contributed by atoms with Gasteiger partial charge in [-0.25, -0.2) is 0 Å². The predicted molar refractivity (Wildman–Crippen MR) is 70.6 cm³/mol. The van der Waals surface area contributed by atoms with Crippen LogP contribution in [0.1, 0.15) is 40.5 Å². The molecule has 0 saturated carbocycles. The topological polar surface area (TPSA) is 62.3 Å². The molecule has 3 unspecified atom stereocenters. The number of nitrogens with two attached hydrogens (primary N) is 1. The smallest absolute Gasteiger partial charge is 0.102 e. The van der Waals surface area contributed by atoms with Gasteiger partial charge in [0, 0.05) is 25.7 Å². The summed E-state index contributed by atoms with van der Waals surface area (Å²) in [7, 11) is 1.71. The van der Waals surface area contributed by atoms with Crippen molar-refractivity contribution in [1.29, 1.82) is 5.26 Å². The Balaban J connectivity index is 4.52. The molecule has 0 aliphatic carbocycles. The first-order valence-electron chi connectivity index (χ1n) is 6.32. The van der Waals surface area contributed by atoms with E-state index in [1.54, 1.807) is 14.0 Å². The number of methoxy groups -OCH3 is 1. The fourth-order valence-electron chi connectivity index (χ4n) is 2.08. The number of hydrogen-bond donors (Lipinski definition) is 1. The van der Waals surface area contributed by atoms with Gasteiger partial charge in [0.25, 0.3) is 0 Å². The van der Waals surface area contributed by atoms with E-state index in [0.29, 0.717) is 19.1 Å². The van der Waals surface area contributed by atoms with E-state index in [-0.39, 0.29) is 6.04 Å². The molecule has 0 heterocycles. The van der Waals surface area contributed by atoms with Crippen LogP contribution in [0, 0.1) is 11.3 Å². The SMILES string of the molecule is CCC(C)N(CCOC)C(C)CC(C)(N)C#N. The van der Waals surface area contributed by atoms with Crippen LogP contribution in [0.2, 0.25) is 0 Å². The second-order valence-electron chi connectivity index (χ2n) is 5.07. The second-order valence-corrected chi connectivity index (χ2v) is 5.07. The lowest BCUT2D eigenvalue weighted by Gasteiger charge is -2.36. The molecular formula is C13H27N3O. The molecule has 0 aliphatic heterocycles. The fraction of sp³-hybridized carbons (Fsp3) is 0.923. The number of nitriles is 1. The molecule has 0 radical (unpaired) electrons. The van der Waals surface area contributed by atoms with Gasteiger partial charge < -0.3 is 10.5 Å². The molecule has 17 heavy (non-hydrogen) atoms. The Labute approximate surface area is 106 Å². The molecule has 0 amide bonds. The lowest BCUT2D eigenvalue weighted by atomic mass is 9.95. The van der Waals surface area contributed by atoms with Gasteiger partial charge >= 0.3 is 0 Å². The van der Waals surface area contributed by atoms with Crippen molar-refractivity contribution in [2.24, 2.45) is 5.73 Å². The van der Waals surface area contributed by atoms with Crippen LogP contribution in [0.3, 0.4) is 0 Å². The van der Waals surface area contributed by atoms with Gasteiger partial charge in [-0.2, -0.15) is 5.26 Å². The second kappa shape index (κ2) is 7.65. The summed E-state index contributed by atoms with van der Waals surface area (Å²) in [6.07, 6.45) is 1.76. The molecule has 3 atom stereocenters. The van der Waals surface area contributed by atoms with Crippen molar-refractivity contribution in [3.8, 4) is 6.07 Å². The molecule has 4 heteroatoms. The van der Waals surface area contributed by atoms with E-state index >= 15 is 0 Å². The minimum Gasteiger partial charge on any atom is -0.383 e. The van der Waals surface area contributed by atoms with Crippen molar-refractivity contribution in [3.05, 3.63) is 0 Å². The van der Waals surface area contributed by atoms with Gasteiger partial charge in [-0.15, -0.1) is 0 Å². The van der Waals surface area contributed by atoms with Gasteiger partial charge in [0.05, 0.1) is 12.7 Å². The van der Waals surface area contributed by atoms with Crippen LogP contribution >= 0.6 is 0 Å². The lowest BCUT2D eigenvalue weighted by molar-refractivity contribution is 0.0854. The van der Waals surface area contributed by atoms with E-state index in [2.05, 4.69) is 31.7 Å². The van der Waals surface area contributed by atoms with Gasteiger partial charge in [-0.1, -0.05) is 6.92 Å². The first-order valence-corrected chi connectivity index (χ1v) is 6.32. The highest BCUT2D eigenvalue weighted by Gasteiger charge is 2.26. The highest BCUT2D eigenvalue weighted by atomic mass is 16.5. The molecule has 4 nitrogen and oxygen atoms in total. The normalized spacial score (nSPS) is 18.5. The zero-order valence-electron chi connectivity index (χ0n) is 11.9. The fourth-order valence-corrected chi connectivity index (χ4v) is 2.08. The van der Waals surface area contributed by atoms with Crippen LogP contribution in [0.15, 0.2) is 0 Å².